The third-order valence-corrected chi connectivity index (χ3v) is 3.79. The molecule has 1 fully saturated rings. The quantitative estimate of drug-likeness (QED) is 0.874. The number of aromatic nitrogens is 2. The molecule has 17 heavy (non-hydrogen) atoms. The zero-order chi connectivity index (χ0) is 12.4. The van der Waals surface area contributed by atoms with Crippen molar-refractivity contribution in [2.75, 3.05) is 19.6 Å². The number of carbonyl (C=O) groups excluding carboxylic acids is 1. The maximum Gasteiger partial charge on any atom is 0.267 e. The van der Waals surface area contributed by atoms with Crippen LogP contribution in [0.1, 0.15) is 42.1 Å². The summed E-state index contributed by atoms with van der Waals surface area (Å²) in [5.74, 6) is 0.323. The summed E-state index contributed by atoms with van der Waals surface area (Å²) in [4.78, 5) is 15.0. The Labute approximate surface area is 105 Å². The summed E-state index contributed by atoms with van der Waals surface area (Å²) >= 11 is 1.21. The molecule has 0 aliphatic carbocycles. The Kier molecular flexibility index (Phi) is 3.73. The molecule has 5 nitrogen and oxygen atoms in total. The third kappa shape index (κ3) is 2.32. The van der Waals surface area contributed by atoms with Gasteiger partial charge in [0.25, 0.3) is 5.91 Å². The second kappa shape index (κ2) is 5.10. The van der Waals surface area contributed by atoms with Crippen molar-refractivity contribution < 1.29 is 4.79 Å². The van der Waals surface area contributed by atoms with Gasteiger partial charge in [-0.2, -0.15) is 0 Å². The summed E-state index contributed by atoms with van der Waals surface area (Å²) in [5.41, 5.74) is 0.825. The number of hydrogen-bond donors (Lipinski definition) is 1. The second-order valence-electron chi connectivity index (χ2n) is 4.55. The molecule has 94 valence electrons. The number of amides is 1. The molecule has 0 bridgehead atoms. The molecule has 1 amide bonds. The molecule has 0 atom stereocenters. The Balaban J connectivity index is 2.19. The van der Waals surface area contributed by atoms with Crippen LogP contribution in [0.5, 0.6) is 0 Å². The predicted molar refractivity (Wildman–Crippen MR) is 67.4 cm³/mol. The van der Waals surface area contributed by atoms with Gasteiger partial charge in [-0.15, -0.1) is 5.10 Å². The van der Waals surface area contributed by atoms with Crippen LogP contribution in [-0.2, 0) is 0 Å². The van der Waals surface area contributed by atoms with Gasteiger partial charge in [-0.05, 0) is 24.4 Å². The highest BCUT2D eigenvalue weighted by Crippen LogP contribution is 2.22. The molecule has 0 saturated carbocycles. The molecular formula is C11H18N4OS. The Bertz CT molecular complexity index is 400. The zero-order valence-electron chi connectivity index (χ0n) is 10.4. The molecule has 1 aromatic rings. The van der Waals surface area contributed by atoms with Gasteiger partial charge >= 0.3 is 0 Å². The van der Waals surface area contributed by atoms with Gasteiger partial charge in [0.1, 0.15) is 4.88 Å². The molecule has 1 aliphatic rings. The molecule has 1 aromatic heterocycles. The van der Waals surface area contributed by atoms with E-state index >= 15 is 0 Å². The smallest absolute Gasteiger partial charge is 0.267 e. The van der Waals surface area contributed by atoms with Crippen molar-refractivity contribution in [3.8, 4) is 0 Å². The van der Waals surface area contributed by atoms with Gasteiger partial charge in [-0.25, -0.2) is 0 Å². The van der Waals surface area contributed by atoms with Crippen molar-refractivity contribution in [2.45, 2.75) is 32.7 Å². The maximum absolute atomic E-state index is 12.4. The number of nitrogens with one attached hydrogen (secondary N) is 1. The highest BCUT2D eigenvalue weighted by molar-refractivity contribution is 7.08. The van der Waals surface area contributed by atoms with Crippen LogP contribution >= 0.6 is 11.5 Å². The SMILES string of the molecule is CCN(C(=O)c1snnc1C(C)C)C1CNC1. The van der Waals surface area contributed by atoms with Gasteiger partial charge in [0.05, 0.1) is 11.7 Å². The molecule has 0 aromatic carbocycles. The van der Waals surface area contributed by atoms with Crippen LogP contribution in [-0.4, -0.2) is 46.1 Å². The van der Waals surface area contributed by atoms with Crippen molar-refractivity contribution >= 4 is 17.4 Å². The van der Waals surface area contributed by atoms with E-state index in [1.165, 1.54) is 11.5 Å². The van der Waals surface area contributed by atoms with E-state index in [4.69, 9.17) is 0 Å². The van der Waals surface area contributed by atoms with E-state index in [9.17, 15) is 4.79 Å². The topological polar surface area (TPSA) is 58.1 Å². The first kappa shape index (κ1) is 12.4. The minimum absolute atomic E-state index is 0.0812. The van der Waals surface area contributed by atoms with Gasteiger partial charge in [-0.1, -0.05) is 18.3 Å². The van der Waals surface area contributed by atoms with E-state index in [0.717, 1.165) is 25.3 Å². The van der Waals surface area contributed by atoms with E-state index in [1.807, 2.05) is 25.7 Å². The highest BCUT2D eigenvalue weighted by Gasteiger charge is 2.31. The molecule has 1 N–H and O–H groups in total. The van der Waals surface area contributed by atoms with Crippen molar-refractivity contribution in [3.63, 3.8) is 0 Å². The van der Waals surface area contributed by atoms with Gasteiger partial charge in [0, 0.05) is 19.6 Å². The third-order valence-electron chi connectivity index (χ3n) is 3.06. The molecule has 2 heterocycles. The number of likely N-dealkylation sites (N-methyl/N-ethyl adjacent to an activating group) is 1. The van der Waals surface area contributed by atoms with Crippen LogP contribution in [0.15, 0.2) is 0 Å². The number of carbonyl (C=O) groups is 1. The second-order valence-corrected chi connectivity index (χ2v) is 5.30. The maximum atomic E-state index is 12.4. The van der Waals surface area contributed by atoms with Crippen molar-refractivity contribution in [1.82, 2.24) is 19.8 Å². The summed E-state index contributed by atoms with van der Waals surface area (Å²) in [6.45, 7) is 8.61. The number of rotatable bonds is 4. The minimum atomic E-state index is 0.0812. The first-order valence-electron chi connectivity index (χ1n) is 5.99. The molecular weight excluding hydrogens is 236 g/mol. The van der Waals surface area contributed by atoms with Crippen LogP contribution in [0, 0.1) is 0 Å². The average molecular weight is 254 g/mol. The summed E-state index contributed by atoms with van der Waals surface area (Å²) < 4.78 is 3.91. The first-order chi connectivity index (χ1) is 8.15. The van der Waals surface area contributed by atoms with E-state index in [0.29, 0.717) is 10.9 Å². The standard InChI is InChI=1S/C11H18N4OS/c1-4-15(8-5-12-6-8)11(16)10-9(7(2)3)13-14-17-10/h7-8,12H,4-6H2,1-3H3. The van der Waals surface area contributed by atoms with E-state index in [2.05, 4.69) is 14.9 Å². The molecule has 0 spiro atoms. The fraction of sp³-hybridized carbons (Fsp3) is 0.727. The largest absolute Gasteiger partial charge is 0.333 e. The van der Waals surface area contributed by atoms with Crippen LogP contribution in [0.2, 0.25) is 0 Å². The summed E-state index contributed by atoms with van der Waals surface area (Å²) in [7, 11) is 0. The molecule has 1 aliphatic heterocycles. The van der Waals surface area contributed by atoms with Crippen LogP contribution in [0.4, 0.5) is 0 Å². The van der Waals surface area contributed by atoms with Crippen molar-refractivity contribution in [2.24, 2.45) is 0 Å². The molecule has 6 heteroatoms. The molecule has 0 unspecified atom stereocenters. The Morgan fingerprint density at radius 1 is 1.59 bits per heavy atom. The fourth-order valence-electron chi connectivity index (χ4n) is 1.92. The van der Waals surface area contributed by atoms with Crippen LogP contribution in [0.3, 0.4) is 0 Å². The van der Waals surface area contributed by atoms with Crippen molar-refractivity contribution in [3.05, 3.63) is 10.6 Å². The lowest BCUT2D eigenvalue weighted by molar-refractivity contribution is 0.0633. The summed E-state index contributed by atoms with van der Waals surface area (Å²) in [5, 5.41) is 7.25. The van der Waals surface area contributed by atoms with Gasteiger partial charge < -0.3 is 10.2 Å². The van der Waals surface area contributed by atoms with Crippen LogP contribution < -0.4 is 5.32 Å². The Morgan fingerprint density at radius 3 is 2.76 bits per heavy atom. The zero-order valence-corrected chi connectivity index (χ0v) is 11.3. The van der Waals surface area contributed by atoms with E-state index in [-0.39, 0.29) is 11.8 Å². The molecule has 2 rings (SSSR count). The normalized spacial score (nSPS) is 16.0. The van der Waals surface area contributed by atoms with Crippen LogP contribution in [0.25, 0.3) is 0 Å². The monoisotopic (exact) mass is 254 g/mol. The Hall–Kier alpha value is -1.01. The predicted octanol–water partition coefficient (Wildman–Crippen LogP) is 1.10. The average Bonchev–Trinajstić information content (AvgIpc) is 2.70. The number of hydrogen-bond acceptors (Lipinski definition) is 5. The highest BCUT2D eigenvalue weighted by atomic mass is 32.1. The van der Waals surface area contributed by atoms with Crippen molar-refractivity contribution in [1.29, 1.82) is 0 Å². The first-order valence-corrected chi connectivity index (χ1v) is 6.76. The minimum Gasteiger partial charge on any atom is -0.333 e. The van der Waals surface area contributed by atoms with Gasteiger partial charge in [0.15, 0.2) is 0 Å². The summed E-state index contributed by atoms with van der Waals surface area (Å²) in [6, 6.07) is 0.328. The lowest BCUT2D eigenvalue weighted by Gasteiger charge is -2.37. The number of nitrogens with zero attached hydrogens (tertiary/aromatic N) is 3. The lowest BCUT2D eigenvalue weighted by atomic mass is 10.1. The van der Waals surface area contributed by atoms with Gasteiger partial charge in [0.2, 0.25) is 0 Å². The van der Waals surface area contributed by atoms with Gasteiger partial charge in [-0.3, -0.25) is 4.79 Å². The van der Waals surface area contributed by atoms with E-state index in [1.54, 1.807) is 0 Å². The molecule has 1 saturated heterocycles. The Morgan fingerprint density at radius 2 is 2.29 bits per heavy atom. The summed E-state index contributed by atoms with van der Waals surface area (Å²) in [6.07, 6.45) is 0. The lowest BCUT2D eigenvalue weighted by Crippen LogP contribution is -2.58. The fourth-order valence-corrected chi connectivity index (χ4v) is 2.69. The molecule has 0 radical (unpaired) electrons. The van der Waals surface area contributed by atoms with E-state index < -0.39 is 0 Å².